The largest absolute Gasteiger partial charge is 0.378 e. The maximum absolute atomic E-state index is 5.41. The minimum atomic E-state index is 0.693. The van der Waals surface area contributed by atoms with E-state index >= 15 is 0 Å². The number of thioether (sulfide) groups is 1. The fourth-order valence-electron chi connectivity index (χ4n) is 3.34. The lowest BCUT2D eigenvalue weighted by Crippen LogP contribution is -2.36. The van der Waals surface area contributed by atoms with E-state index in [0.717, 1.165) is 38.1 Å². The lowest BCUT2D eigenvalue weighted by atomic mass is 10.1. The molecule has 2 atom stereocenters. The van der Waals surface area contributed by atoms with E-state index in [1.165, 1.54) is 30.5 Å². The molecule has 2 fully saturated rings. The fraction of sp³-hybridized carbons (Fsp3) is 0.647. The van der Waals surface area contributed by atoms with Gasteiger partial charge in [0.15, 0.2) is 0 Å². The lowest BCUT2D eigenvalue weighted by molar-refractivity contribution is 0.122. The first-order valence-electron chi connectivity index (χ1n) is 8.04. The molecule has 0 bridgehead atoms. The second-order valence-corrected chi connectivity index (χ2v) is 7.04. The van der Waals surface area contributed by atoms with Crippen molar-refractivity contribution in [2.24, 2.45) is 0 Å². The molecule has 4 heteroatoms. The first-order chi connectivity index (χ1) is 10.4. The summed E-state index contributed by atoms with van der Waals surface area (Å²) >= 11 is 2.02. The molecule has 1 saturated carbocycles. The van der Waals surface area contributed by atoms with Gasteiger partial charge in [-0.2, -0.15) is 11.8 Å². The molecule has 21 heavy (non-hydrogen) atoms. The van der Waals surface area contributed by atoms with E-state index in [-0.39, 0.29) is 0 Å². The molecule has 3 rings (SSSR count). The lowest BCUT2D eigenvalue weighted by Gasteiger charge is -2.29. The molecule has 2 aliphatic rings. The highest BCUT2D eigenvalue weighted by Crippen LogP contribution is 2.28. The highest BCUT2D eigenvalue weighted by Gasteiger charge is 2.25. The fourth-order valence-corrected chi connectivity index (χ4v) is 4.30. The van der Waals surface area contributed by atoms with Gasteiger partial charge in [0.05, 0.1) is 13.2 Å². The average molecular weight is 306 g/mol. The van der Waals surface area contributed by atoms with Crippen LogP contribution in [-0.2, 0) is 11.3 Å². The van der Waals surface area contributed by atoms with E-state index in [2.05, 4.69) is 40.7 Å². The third-order valence-corrected chi connectivity index (χ3v) is 5.81. The normalized spacial score (nSPS) is 26.2. The van der Waals surface area contributed by atoms with Gasteiger partial charge in [-0.1, -0.05) is 18.6 Å². The van der Waals surface area contributed by atoms with Gasteiger partial charge in [0.2, 0.25) is 0 Å². The summed E-state index contributed by atoms with van der Waals surface area (Å²) in [6.07, 6.45) is 6.31. The van der Waals surface area contributed by atoms with E-state index in [9.17, 15) is 0 Å². The summed E-state index contributed by atoms with van der Waals surface area (Å²) in [4.78, 5) is 2.40. The van der Waals surface area contributed by atoms with Crippen molar-refractivity contribution in [3.63, 3.8) is 0 Å². The summed E-state index contributed by atoms with van der Waals surface area (Å²) in [5.74, 6) is 0. The number of benzene rings is 1. The smallest absolute Gasteiger partial charge is 0.0642 e. The molecule has 1 aliphatic carbocycles. The van der Waals surface area contributed by atoms with Crippen LogP contribution in [0.15, 0.2) is 24.3 Å². The highest BCUT2D eigenvalue weighted by atomic mass is 32.2. The van der Waals surface area contributed by atoms with Crippen LogP contribution in [0.5, 0.6) is 0 Å². The Bertz CT molecular complexity index is 431. The number of morpholine rings is 1. The third kappa shape index (κ3) is 3.93. The van der Waals surface area contributed by atoms with Crippen LogP contribution < -0.4 is 10.2 Å². The van der Waals surface area contributed by atoms with Gasteiger partial charge in [0.25, 0.3) is 0 Å². The van der Waals surface area contributed by atoms with Crippen molar-refractivity contribution in [3.05, 3.63) is 29.8 Å². The number of anilines is 1. The number of nitrogens with zero attached hydrogens (tertiary/aromatic N) is 1. The Kier molecular flexibility index (Phi) is 5.44. The molecule has 1 N–H and O–H groups in total. The Labute approximate surface area is 132 Å². The van der Waals surface area contributed by atoms with E-state index in [1.807, 2.05) is 11.8 Å². The topological polar surface area (TPSA) is 24.5 Å². The molecule has 3 nitrogen and oxygen atoms in total. The molecule has 116 valence electrons. The quantitative estimate of drug-likeness (QED) is 0.904. The number of hydrogen-bond acceptors (Lipinski definition) is 4. The third-order valence-electron chi connectivity index (χ3n) is 4.64. The molecular formula is C17H26N2OS. The Morgan fingerprint density at radius 2 is 1.95 bits per heavy atom. The van der Waals surface area contributed by atoms with Crippen LogP contribution in [0.25, 0.3) is 0 Å². The number of rotatable bonds is 5. The van der Waals surface area contributed by atoms with Gasteiger partial charge in [-0.25, -0.2) is 0 Å². The first-order valence-corrected chi connectivity index (χ1v) is 9.33. The minimum absolute atomic E-state index is 0.693. The zero-order chi connectivity index (χ0) is 14.5. The average Bonchev–Trinajstić information content (AvgIpc) is 3.02. The van der Waals surface area contributed by atoms with Crippen LogP contribution in [0.1, 0.15) is 24.8 Å². The number of nitrogens with one attached hydrogen (secondary N) is 1. The maximum atomic E-state index is 5.41. The van der Waals surface area contributed by atoms with Crippen LogP contribution in [0.4, 0.5) is 5.69 Å². The predicted molar refractivity (Wildman–Crippen MR) is 91.3 cm³/mol. The molecular weight excluding hydrogens is 280 g/mol. The van der Waals surface area contributed by atoms with Crippen molar-refractivity contribution < 1.29 is 4.74 Å². The summed E-state index contributed by atoms with van der Waals surface area (Å²) in [5, 5.41) is 4.55. The zero-order valence-electron chi connectivity index (χ0n) is 12.9. The highest BCUT2D eigenvalue weighted by molar-refractivity contribution is 7.99. The molecule has 0 aromatic heterocycles. The van der Waals surface area contributed by atoms with Crippen molar-refractivity contribution >= 4 is 17.4 Å². The van der Waals surface area contributed by atoms with Crippen LogP contribution in [0.2, 0.25) is 0 Å². The molecule has 1 heterocycles. The summed E-state index contributed by atoms with van der Waals surface area (Å²) in [5.41, 5.74) is 2.71. The van der Waals surface area contributed by atoms with Gasteiger partial charge in [0, 0.05) is 36.6 Å². The van der Waals surface area contributed by atoms with Gasteiger partial charge in [-0.3, -0.25) is 0 Å². The molecule has 1 aromatic rings. The Morgan fingerprint density at radius 1 is 1.19 bits per heavy atom. The van der Waals surface area contributed by atoms with Crippen molar-refractivity contribution in [3.8, 4) is 0 Å². The first kappa shape index (κ1) is 15.2. The molecule has 2 unspecified atom stereocenters. The summed E-state index contributed by atoms with van der Waals surface area (Å²) in [7, 11) is 0. The summed E-state index contributed by atoms with van der Waals surface area (Å²) < 4.78 is 5.41. The monoisotopic (exact) mass is 306 g/mol. The van der Waals surface area contributed by atoms with Gasteiger partial charge in [0.1, 0.15) is 0 Å². The standard InChI is InChI=1S/C17H26N2OS/c1-21-17-4-2-3-16(17)18-13-14-5-7-15(8-6-14)19-9-11-20-12-10-19/h5-8,16-18H,2-4,9-13H2,1H3. The van der Waals surface area contributed by atoms with Crippen molar-refractivity contribution in [1.29, 1.82) is 0 Å². The van der Waals surface area contributed by atoms with E-state index in [0.29, 0.717) is 6.04 Å². The Balaban J connectivity index is 1.52. The molecule has 1 saturated heterocycles. The molecule has 0 radical (unpaired) electrons. The van der Waals surface area contributed by atoms with Gasteiger partial charge < -0.3 is 15.0 Å². The van der Waals surface area contributed by atoms with Gasteiger partial charge in [-0.15, -0.1) is 0 Å². The van der Waals surface area contributed by atoms with Crippen LogP contribution in [-0.4, -0.2) is 43.9 Å². The van der Waals surface area contributed by atoms with E-state index < -0.39 is 0 Å². The second kappa shape index (κ2) is 7.52. The van der Waals surface area contributed by atoms with E-state index in [4.69, 9.17) is 4.74 Å². The number of hydrogen-bond donors (Lipinski definition) is 1. The van der Waals surface area contributed by atoms with E-state index in [1.54, 1.807) is 0 Å². The SMILES string of the molecule is CSC1CCCC1NCc1ccc(N2CCOCC2)cc1. The maximum Gasteiger partial charge on any atom is 0.0642 e. The second-order valence-electron chi connectivity index (χ2n) is 5.96. The van der Waals surface area contributed by atoms with Crippen molar-refractivity contribution in [2.45, 2.75) is 37.1 Å². The van der Waals surface area contributed by atoms with Gasteiger partial charge in [-0.05, 0) is 36.8 Å². The van der Waals surface area contributed by atoms with Crippen molar-refractivity contribution in [2.75, 3.05) is 37.5 Å². The van der Waals surface area contributed by atoms with Crippen LogP contribution >= 0.6 is 11.8 Å². The van der Waals surface area contributed by atoms with Crippen LogP contribution in [0.3, 0.4) is 0 Å². The molecule has 0 spiro atoms. The summed E-state index contributed by atoms with van der Waals surface area (Å²) in [6.45, 7) is 4.71. The van der Waals surface area contributed by atoms with Gasteiger partial charge >= 0.3 is 0 Å². The van der Waals surface area contributed by atoms with Crippen molar-refractivity contribution in [1.82, 2.24) is 5.32 Å². The molecule has 1 aromatic carbocycles. The molecule has 1 aliphatic heterocycles. The Hall–Kier alpha value is -0.710. The number of ether oxygens (including phenoxy) is 1. The Morgan fingerprint density at radius 3 is 2.67 bits per heavy atom. The minimum Gasteiger partial charge on any atom is -0.378 e. The zero-order valence-corrected chi connectivity index (χ0v) is 13.7. The summed E-state index contributed by atoms with van der Waals surface area (Å²) in [6, 6.07) is 9.73. The molecule has 0 amide bonds. The predicted octanol–water partition coefficient (Wildman–Crippen LogP) is 2.90. The van der Waals surface area contributed by atoms with Crippen LogP contribution in [0, 0.1) is 0 Å².